The van der Waals surface area contributed by atoms with Gasteiger partial charge in [0, 0.05) is 7.05 Å². The van der Waals surface area contributed by atoms with Gasteiger partial charge in [-0.15, -0.1) is 0 Å². The van der Waals surface area contributed by atoms with Crippen LogP contribution in [0.1, 0.15) is 13.8 Å². The molecule has 0 saturated carbocycles. The normalized spacial score (nSPS) is 20.8. The van der Waals surface area contributed by atoms with Crippen LogP contribution in [0.15, 0.2) is 0 Å². The summed E-state index contributed by atoms with van der Waals surface area (Å²) in [4.78, 5) is 32.7. The minimum Gasteiger partial charge on any atom is -0.337 e. The van der Waals surface area contributed by atoms with Gasteiger partial charge in [0.1, 0.15) is 4.92 Å². The lowest BCUT2D eigenvalue weighted by molar-refractivity contribution is -0.853. The van der Waals surface area contributed by atoms with Crippen molar-refractivity contribution in [1.82, 2.24) is 10.7 Å². The molecule has 2 N–H and O–H groups in total. The Bertz CT molecular complexity index is 372. The number of amides is 2. The topological polar surface area (TPSA) is 123 Å². The van der Waals surface area contributed by atoms with Crippen molar-refractivity contribution in [3.05, 3.63) is 15.0 Å². The highest BCUT2D eigenvalue weighted by Crippen LogP contribution is 2.25. The number of hydrazine groups is 1. The third-order valence-electron chi connectivity index (χ3n) is 2.45. The van der Waals surface area contributed by atoms with Crippen molar-refractivity contribution in [3.8, 4) is 0 Å². The monoisotopic (exact) mass is 263 g/mol. The van der Waals surface area contributed by atoms with E-state index in [4.69, 9.17) is 9.47 Å². The Kier molecular flexibility index (Phi) is 3.82. The van der Waals surface area contributed by atoms with Gasteiger partial charge in [0.05, 0.1) is 4.91 Å². The maximum Gasteiger partial charge on any atom is 0.522 e. The Hall–Kier alpha value is -1.81. The number of urea groups is 1. The summed E-state index contributed by atoms with van der Waals surface area (Å²) in [6.45, 7) is 2.14. The van der Waals surface area contributed by atoms with E-state index in [0.29, 0.717) is 0 Å². The molecule has 1 fully saturated rings. The van der Waals surface area contributed by atoms with Crippen LogP contribution >= 0.6 is 0 Å². The molecular weight excluding hydrogens is 248 g/mol. The number of hydrogen-bond donors (Lipinski definition) is 2. The second kappa shape index (κ2) is 4.82. The van der Waals surface area contributed by atoms with E-state index < -0.39 is 35.6 Å². The fourth-order valence-corrected chi connectivity index (χ4v) is 1.21. The van der Waals surface area contributed by atoms with Gasteiger partial charge in [-0.3, -0.25) is 10.1 Å². The standard InChI is InChI=1S/C8H14N4O6/c1-7(2)17-4-8(5-18-7,12(15)16)11(14)10-6(13)9-3/h4-5H2,1-3H3,(H-,9,10,13,14)/p+1. The van der Waals surface area contributed by atoms with E-state index in [-0.39, 0.29) is 4.87 Å². The molecule has 0 radical (unpaired) electrons. The Morgan fingerprint density at radius 2 is 1.78 bits per heavy atom. The van der Waals surface area contributed by atoms with Crippen LogP contribution in [0, 0.1) is 15.0 Å². The van der Waals surface area contributed by atoms with Gasteiger partial charge in [-0.05, 0) is 13.8 Å². The predicted molar refractivity (Wildman–Crippen MR) is 56.9 cm³/mol. The SMILES string of the molecule is CNC(=O)N[N+](=O)C1([N+](=O)[O-])COC(C)(C)OC1. The summed E-state index contributed by atoms with van der Waals surface area (Å²) in [6.07, 6.45) is 0. The average Bonchev–Trinajstić information content (AvgIpc) is 2.28. The molecule has 0 atom stereocenters. The van der Waals surface area contributed by atoms with Gasteiger partial charge >= 0.3 is 11.7 Å². The fourth-order valence-electron chi connectivity index (χ4n) is 1.21. The van der Waals surface area contributed by atoms with Crippen molar-refractivity contribution in [1.29, 1.82) is 0 Å². The smallest absolute Gasteiger partial charge is 0.337 e. The largest absolute Gasteiger partial charge is 0.522 e. The summed E-state index contributed by atoms with van der Waals surface area (Å²) in [5, 5.41) is 13.1. The molecule has 0 aromatic heterocycles. The molecule has 1 heterocycles. The zero-order chi connectivity index (χ0) is 14.0. The molecule has 18 heavy (non-hydrogen) atoms. The number of ether oxygens (including phenoxy) is 2. The number of carbonyl (C=O) groups is 1. The number of nitrogens with zero attached hydrogens (tertiary/aromatic N) is 2. The first-order valence-corrected chi connectivity index (χ1v) is 5.12. The lowest BCUT2D eigenvalue weighted by Crippen LogP contribution is -2.65. The van der Waals surface area contributed by atoms with Crippen LogP contribution < -0.4 is 10.7 Å². The maximum absolute atomic E-state index is 11.7. The van der Waals surface area contributed by atoms with Gasteiger partial charge in [0.15, 0.2) is 19.0 Å². The molecule has 0 aromatic rings. The third kappa shape index (κ3) is 2.71. The Labute approximate surface area is 102 Å². The van der Waals surface area contributed by atoms with Crippen molar-refractivity contribution in [3.63, 3.8) is 0 Å². The van der Waals surface area contributed by atoms with Crippen LogP contribution in [-0.2, 0) is 9.47 Å². The summed E-state index contributed by atoms with van der Waals surface area (Å²) in [5.41, 5.74) is -0.418. The highest BCUT2D eigenvalue weighted by Gasteiger charge is 2.65. The van der Waals surface area contributed by atoms with Crippen LogP contribution in [0.25, 0.3) is 0 Å². The molecule has 1 saturated heterocycles. The molecule has 1 aliphatic heterocycles. The van der Waals surface area contributed by atoms with Crippen LogP contribution in [0.3, 0.4) is 0 Å². The van der Waals surface area contributed by atoms with E-state index in [1.165, 1.54) is 7.05 Å². The lowest BCUT2D eigenvalue weighted by Gasteiger charge is -2.32. The number of nitroso groups, excluding NO2 is 1. The zero-order valence-corrected chi connectivity index (χ0v) is 10.3. The van der Waals surface area contributed by atoms with Crippen LogP contribution in [0.5, 0.6) is 0 Å². The lowest BCUT2D eigenvalue weighted by atomic mass is 10.2. The van der Waals surface area contributed by atoms with E-state index in [1.54, 1.807) is 19.3 Å². The summed E-state index contributed by atoms with van der Waals surface area (Å²) in [6, 6.07) is -0.865. The van der Waals surface area contributed by atoms with E-state index in [9.17, 15) is 19.8 Å². The van der Waals surface area contributed by atoms with E-state index >= 15 is 0 Å². The summed E-state index contributed by atoms with van der Waals surface area (Å²) < 4.78 is 10.2. The molecule has 102 valence electrons. The quantitative estimate of drug-likeness (QED) is 0.302. The fraction of sp³-hybridized carbons (Fsp3) is 0.875. The molecule has 10 nitrogen and oxygen atoms in total. The minimum absolute atomic E-state index is 0.166. The number of rotatable bonds is 3. The first kappa shape index (κ1) is 14.3. The first-order valence-electron chi connectivity index (χ1n) is 5.12. The number of nitrogens with one attached hydrogen (secondary N) is 2. The molecule has 10 heteroatoms. The highest BCUT2D eigenvalue weighted by atomic mass is 16.7. The van der Waals surface area contributed by atoms with Gasteiger partial charge in [0.2, 0.25) is 4.87 Å². The van der Waals surface area contributed by atoms with Gasteiger partial charge in [-0.1, -0.05) is 5.43 Å². The van der Waals surface area contributed by atoms with Gasteiger partial charge in [-0.25, -0.2) is 4.79 Å². The van der Waals surface area contributed by atoms with E-state index in [0.717, 1.165) is 0 Å². The average molecular weight is 263 g/mol. The second-order valence-corrected chi connectivity index (χ2v) is 4.20. The molecule has 0 aliphatic carbocycles. The van der Waals surface area contributed by atoms with E-state index in [2.05, 4.69) is 5.32 Å². The van der Waals surface area contributed by atoms with Crippen molar-refractivity contribution in [2.75, 3.05) is 20.3 Å². The Morgan fingerprint density at radius 3 is 2.17 bits per heavy atom. The Balaban J connectivity index is 2.86. The molecule has 1 aliphatic rings. The van der Waals surface area contributed by atoms with Crippen LogP contribution in [0.4, 0.5) is 4.79 Å². The first-order chi connectivity index (χ1) is 8.23. The van der Waals surface area contributed by atoms with Gasteiger partial charge < -0.3 is 14.8 Å². The predicted octanol–water partition coefficient (Wildman–Crippen LogP) is -0.635. The molecule has 0 aromatic carbocycles. The molecular formula is C8H15N4O6+. The van der Waals surface area contributed by atoms with Crippen LogP contribution in [-0.4, -0.2) is 47.5 Å². The number of hydrogen-bond acceptors (Lipinski definition) is 6. The second-order valence-electron chi connectivity index (χ2n) is 4.20. The minimum atomic E-state index is -2.19. The van der Waals surface area contributed by atoms with Gasteiger partial charge in [-0.2, -0.15) is 0 Å². The number of nitro groups is 1. The molecule has 0 bridgehead atoms. The molecule has 2 amide bonds. The Morgan fingerprint density at radius 1 is 1.28 bits per heavy atom. The van der Waals surface area contributed by atoms with Crippen LogP contribution in [0.2, 0.25) is 0 Å². The summed E-state index contributed by atoms with van der Waals surface area (Å²) >= 11 is 0. The number of carbonyl (C=O) groups excluding carboxylic acids is 1. The third-order valence-corrected chi connectivity index (χ3v) is 2.45. The molecule has 0 unspecified atom stereocenters. The molecule has 1 rings (SSSR count). The van der Waals surface area contributed by atoms with Gasteiger partial charge in [0.25, 0.3) is 0 Å². The van der Waals surface area contributed by atoms with Crippen molar-refractivity contribution in [2.24, 2.45) is 0 Å². The maximum atomic E-state index is 11.7. The van der Waals surface area contributed by atoms with Crippen molar-refractivity contribution in [2.45, 2.75) is 25.3 Å². The van der Waals surface area contributed by atoms with Crippen molar-refractivity contribution < 1.29 is 24.1 Å². The van der Waals surface area contributed by atoms with Crippen molar-refractivity contribution >= 4 is 6.03 Å². The summed E-state index contributed by atoms with van der Waals surface area (Å²) in [7, 11) is 1.28. The zero-order valence-electron chi connectivity index (χ0n) is 10.3. The highest BCUT2D eigenvalue weighted by molar-refractivity contribution is 5.71. The van der Waals surface area contributed by atoms with E-state index in [1.807, 2.05) is 0 Å². The summed E-state index contributed by atoms with van der Waals surface area (Å²) in [5.74, 6) is -1.01. The molecule has 0 spiro atoms.